The molecule has 0 amide bonds. The smallest absolute Gasteiger partial charge is 0.339 e. The first-order valence-corrected chi connectivity index (χ1v) is 5.77. The molecule has 1 aliphatic heterocycles. The Morgan fingerprint density at radius 1 is 1.32 bits per heavy atom. The molecule has 2 heterocycles. The van der Waals surface area contributed by atoms with Gasteiger partial charge in [-0.05, 0) is 30.3 Å². The Bertz CT molecular complexity index is 698. The van der Waals surface area contributed by atoms with Crippen molar-refractivity contribution in [3.05, 3.63) is 53.9 Å². The van der Waals surface area contributed by atoms with Gasteiger partial charge in [0.05, 0.1) is 24.6 Å². The van der Waals surface area contributed by atoms with E-state index in [9.17, 15) is 4.79 Å². The van der Waals surface area contributed by atoms with Gasteiger partial charge in [-0.15, -0.1) is 0 Å². The summed E-state index contributed by atoms with van der Waals surface area (Å²) in [5.41, 5.74) is 8.88. The molecule has 0 aliphatic carbocycles. The van der Waals surface area contributed by atoms with E-state index in [4.69, 9.17) is 9.15 Å². The van der Waals surface area contributed by atoms with Crippen molar-refractivity contribution in [1.29, 1.82) is 0 Å². The average molecular weight is 256 g/mol. The molecule has 1 aromatic carbocycles. The maximum atomic E-state index is 11.5. The SMILES string of the molecule is COC(=O)C1=CNNC(c2ccc3occc3c2)=C1. The number of esters is 1. The lowest BCUT2D eigenvalue weighted by atomic mass is 10.1. The molecule has 5 heteroatoms. The number of rotatable bonds is 2. The zero-order valence-corrected chi connectivity index (χ0v) is 10.3. The summed E-state index contributed by atoms with van der Waals surface area (Å²) < 4.78 is 9.99. The fourth-order valence-electron chi connectivity index (χ4n) is 1.95. The first-order chi connectivity index (χ1) is 9.28. The van der Waals surface area contributed by atoms with E-state index in [-0.39, 0.29) is 5.97 Å². The van der Waals surface area contributed by atoms with Crippen LogP contribution < -0.4 is 10.9 Å². The summed E-state index contributed by atoms with van der Waals surface area (Å²) in [6.07, 6.45) is 4.95. The highest BCUT2D eigenvalue weighted by molar-refractivity contribution is 5.95. The maximum absolute atomic E-state index is 11.5. The molecular formula is C14H12N2O3. The van der Waals surface area contributed by atoms with Crippen molar-refractivity contribution in [2.75, 3.05) is 7.11 Å². The number of hydrogen-bond acceptors (Lipinski definition) is 5. The fourth-order valence-corrected chi connectivity index (χ4v) is 1.95. The number of carbonyl (C=O) groups excluding carboxylic acids is 1. The van der Waals surface area contributed by atoms with Crippen LogP contribution in [0.1, 0.15) is 5.56 Å². The van der Waals surface area contributed by atoms with Gasteiger partial charge in [0, 0.05) is 17.1 Å². The lowest BCUT2D eigenvalue weighted by Gasteiger charge is -2.16. The molecule has 0 bridgehead atoms. The lowest BCUT2D eigenvalue weighted by Crippen LogP contribution is -2.30. The molecule has 2 aromatic rings. The Morgan fingerprint density at radius 2 is 2.21 bits per heavy atom. The van der Waals surface area contributed by atoms with E-state index < -0.39 is 0 Å². The van der Waals surface area contributed by atoms with E-state index in [0.29, 0.717) is 5.57 Å². The third-order valence-electron chi connectivity index (χ3n) is 2.92. The van der Waals surface area contributed by atoms with E-state index in [1.54, 1.807) is 18.5 Å². The number of furan rings is 1. The number of hydrogen-bond donors (Lipinski definition) is 2. The largest absolute Gasteiger partial charge is 0.465 e. The van der Waals surface area contributed by atoms with Gasteiger partial charge in [0.1, 0.15) is 5.58 Å². The van der Waals surface area contributed by atoms with Crippen molar-refractivity contribution in [3.8, 4) is 0 Å². The highest BCUT2D eigenvalue weighted by Gasteiger charge is 2.13. The van der Waals surface area contributed by atoms with Crippen LogP contribution in [-0.2, 0) is 9.53 Å². The standard InChI is InChI=1S/C14H12N2O3/c1-18-14(17)11-7-12(16-15-8-11)9-2-3-13-10(6-9)4-5-19-13/h2-8,15-16H,1H3. The Kier molecular flexibility index (Phi) is 2.72. The van der Waals surface area contributed by atoms with E-state index in [0.717, 1.165) is 22.2 Å². The minimum Gasteiger partial charge on any atom is -0.465 e. The van der Waals surface area contributed by atoms with Crippen LogP contribution in [0, 0.1) is 0 Å². The summed E-state index contributed by atoms with van der Waals surface area (Å²) in [5.74, 6) is -0.379. The van der Waals surface area contributed by atoms with E-state index in [1.165, 1.54) is 7.11 Å². The molecule has 0 saturated heterocycles. The number of fused-ring (bicyclic) bond motifs is 1. The van der Waals surface area contributed by atoms with Crippen LogP contribution in [0.15, 0.2) is 52.8 Å². The lowest BCUT2D eigenvalue weighted by molar-refractivity contribution is -0.135. The zero-order valence-electron chi connectivity index (χ0n) is 10.3. The molecule has 0 unspecified atom stereocenters. The number of carbonyl (C=O) groups is 1. The Hall–Kier alpha value is -2.69. The molecule has 5 nitrogen and oxygen atoms in total. The Balaban J connectivity index is 1.99. The molecule has 0 fully saturated rings. The van der Waals surface area contributed by atoms with Crippen LogP contribution in [0.2, 0.25) is 0 Å². The van der Waals surface area contributed by atoms with E-state index in [2.05, 4.69) is 10.9 Å². The molecule has 0 spiro atoms. The predicted octanol–water partition coefficient (Wildman–Crippen LogP) is 1.94. The second kappa shape index (κ2) is 4.53. The quantitative estimate of drug-likeness (QED) is 0.804. The minimum atomic E-state index is -0.379. The molecule has 1 aromatic heterocycles. The molecule has 2 N–H and O–H groups in total. The predicted molar refractivity (Wildman–Crippen MR) is 70.6 cm³/mol. The van der Waals surface area contributed by atoms with Crippen LogP contribution in [0.3, 0.4) is 0 Å². The van der Waals surface area contributed by atoms with Crippen LogP contribution in [0.25, 0.3) is 16.7 Å². The van der Waals surface area contributed by atoms with E-state index >= 15 is 0 Å². The molecule has 19 heavy (non-hydrogen) atoms. The van der Waals surface area contributed by atoms with Gasteiger partial charge >= 0.3 is 5.97 Å². The highest BCUT2D eigenvalue weighted by Crippen LogP contribution is 2.22. The summed E-state index contributed by atoms with van der Waals surface area (Å²) in [5, 5.41) is 1.01. The van der Waals surface area contributed by atoms with Crippen molar-refractivity contribution < 1.29 is 13.9 Å². The molecule has 3 rings (SSSR count). The summed E-state index contributed by atoms with van der Waals surface area (Å²) in [6, 6.07) is 7.70. The molecule has 0 atom stereocenters. The summed E-state index contributed by atoms with van der Waals surface area (Å²) >= 11 is 0. The van der Waals surface area contributed by atoms with Gasteiger partial charge in [-0.25, -0.2) is 4.79 Å². The number of nitrogens with one attached hydrogen (secondary N) is 2. The summed E-state index contributed by atoms with van der Waals surface area (Å²) in [6.45, 7) is 0. The number of hydrazine groups is 1. The van der Waals surface area contributed by atoms with Crippen molar-refractivity contribution >= 4 is 22.6 Å². The Labute approximate surface area is 109 Å². The summed E-state index contributed by atoms with van der Waals surface area (Å²) in [7, 11) is 1.36. The van der Waals surface area contributed by atoms with Crippen molar-refractivity contribution in [2.24, 2.45) is 0 Å². The van der Waals surface area contributed by atoms with Gasteiger partial charge in [-0.3, -0.25) is 0 Å². The van der Waals surface area contributed by atoms with Crippen LogP contribution in [-0.4, -0.2) is 13.1 Å². The maximum Gasteiger partial charge on any atom is 0.339 e. The first-order valence-electron chi connectivity index (χ1n) is 5.77. The highest BCUT2D eigenvalue weighted by atomic mass is 16.5. The summed E-state index contributed by atoms with van der Waals surface area (Å²) in [4.78, 5) is 11.5. The van der Waals surface area contributed by atoms with Gasteiger partial charge < -0.3 is 20.0 Å². The van der Waals surface area contributed by atoms with Crippen LogP contribution in [0.5, 0.6) is 0 Å². The van der Waals surface area contributed by atoms with Gasteiger partial charge in [-0.1, -0.05) is 0 Å². The van der Waals surface area contributed by atoms with Gasteiger partial charge in [0.15, 0.2) is 0 Å². The van der Waals surface area contributed by atoms with Gasteiger partial charge in [-0.2, -0.15) is 0 Å². The van der Waals surface area contributed by atoms with Gasteiger partial charge in [0.2, 0.25) is 0 Å². The third-order valence-corrected chi connectivity index (χ3v) is 2.92. The van der Waals surface area contributed by atoms with Crippen molar-refractivity contribution in [3.63, 3.8) is 0 Å². The normalized spacial score (nSPS) is 14.2. The third kappa shape index (κ3) is 2.06. The molecular weight excluding hydrogens is 244 g/mol. The molecule has 0 radical (unpaired) electrons. The number of benzene rings is 1. The average Bonchev–Trinajstić information content (AvgIpc) is 2.94. The second-order valence-corrected chi connectivity index (χ2v) is 4.09. The number of ether oxygens (including phenoxy) is 1. The second-order valence-electron chi connectivity index (χ2n) is 4.09. The number of methoxy groups -OCH3 is 1. The fraction of sp³-hybridized carbons (Fsp3) is 0.0714. The van der Waals surface area contributed by atoms with Crippen LogP contribution in [0.4, 0.5) is 0 Å². The Morgan fingerprint density at radius 3 is 3.05 bits per heavy atom. The van der Waals surface area contributed by atoms with Crippen molar-refractivity contribution in [2.45, 2.75) is 0 Å². The van der Waals surface area contributed by atoms with Crippen LogP contribution >= 0.6 is 0 Å². The van der Waals surface area contributed by atoms with Gasteiger partial charge in [0.25, 0.3) is 0 Å². The molecule has 1 aliphatic rings. The molecule has 0 saturated carbocycles. The minimum absolute atomic E-state index is 0.379. The van der Waals surface area contributed by atoms with E-state index in [1.807, 2.05) is 24.3 Å². The zero-order chi connectivity index (χ0) is 13.2. The topological polar surface area (TPSA) is 63.5 Å². The first kappa shape index (κ1) is 11.4. The monoisotopic (exact) mass is 256 g/mol. The van der Waals surface area contributed by atoms with Crippen molar-refractivity contribution in [1.82, 2.24) is 10.9 Å². The molecule has 96 valence electrons.